The number of para-hydroxylation sites is 1. The molecule has 21 heavy (non-hydrogen) atoms. The van der Waals surface area contributed by atoms with Gasteiger partial charge in [-0.05, 0) is 12.1 Å². The average Bonchev–Trinajstić information content (AvgIpc) is 2.46. The van der Waals surface area contributed by atoms with Gasteiger partial charge in [0.25, 0.3) is 0 Å². The van der Waals surface area contributed by atoms with Gasteiger partial charge in [-0.15, -0.1) is 0 Å². The molecule has 0 radical (unpaired) electrons. The van der Waals surface area contributed by atoms with Crippen molar-refractivity contribution in [1.82, 2.24) is 14.5 Å². The molecular weight excluding hydrogens is 282 g/mol. The molecule has 0 saturated carbocycles. The molecule has 1 aromatic heterocycles. The summed E-state index contributed by atoms with van der Waals surface area (Å²) in [5.74, 6) is 1.82. The second-order valence-corrected chi connectivity index (χ2v) is 5.77. The maximum absolute atomic E-state index is 4.80. The molecule has 0 bridgehead atoms. The fourth-order valence-electron chi connectivity index (χ4n) is 2.29. The van der Waals surface area contributed by atoms with Crippen LogP contribution in [-0.2, 0) is 0 Å². The van der Waals surface area contributed by atoms with E-state index in [4.69, 9.17) is 9.97 Å². The topological polar surface area (TPSA) is 25.8 Å². The molecule has 3 rings (SSSR count). The van der Waals surface area contributed by atoms with Gasteiger partial charge in [0.1, 0.15) is 0 Å². The first-order valence-corrected chi connectivity index (χ1v) is 6.70. The van der Waals surface area contributed by atoms with Crippen LogP contribution in [-0.4, -0.2) is 31.1 Å². The monoisotopic (exact) mass is 299 g/mol. The van der Waals surface area contributed by atoms with Crippen LogP contribution in [0.4, 0.5) is 5.82 Å². The third-order valence-electron chi connectivity index (χ3n) is 3.25. The summed E-state index contributed by atoms with van der Waals surface area (Å²) in [5, 5.41) is 1.11. The van der Waals surface area contributed by atoms with E-state index in [1.165, 1.54) is 0 Å². The Balaban J connectivity index is 0.00000161. The maximum Gasteiger partial charge on any atom is 0.238 e. The van der Waals surface area contributed by atoms with Gasteiger partial charge in [-0.3, -0.25) is 4.48 Å². The third-order valence-corrected chi connectivity index (χ3v) is 3.25. The molecule has 0 fully saturated rings. The van der Waals surface area contributed by atoms with Crippen molar-refractivity contribution in [2.24, 2.45) is 0 Å². The Hall–Kier alpha value is -1.97. The second kappa shape index (κ2) is 5.80. The molecule has 0 spiro atoms. The zero-order valence-electron chi connectivity index (χ0n) is 12.4. The Morgan fingerprint density at radius 2 is 1.38 bits per heavy atom. The molecule has 0 atom stereocenters. The van der Waals surface area contributed by atoms with Crippen molar-refractivity contribution in [2.75, 3.05) is 21.1 Å². The first kappa shape index (κ1) is 15.4. The Morgan fingerprint density at radius 1 is 0.762 bits per heavy atom. The summed E-state index contributed by atoms with van der Waals surface area (Å²) >= 11 is 0. The molecule has 2 aromatic carbocycles. The van der Waals surface area contributed by atoms with Crippen molar-refractivity contribution in [3.63, 3.8) is 0 Å². The van der Waals surface area contributed by atoms with Crippen LogP contribution >= 0.6 is 0 Å². The lowest BCUT2D eigenvalue weighted by Gasteiger charge is -2.23. The van der Waals surface area contributed by atoms with Gasteiger partial charge in [0.15, 0.2) is 5.82 Å². The van der Waals surface area contributed by atoms with Crippen molar-refractivity contribution in [2.45, 2.75) is 0 Å². The van der Waals surface area contributed by atoms with E-state index in [0.717, 1.165) is 28.1 Å². The molecule has 0 aliphatic rings. The number of hydrogen-bond donors (Lipinski definition) is 0. The van der Waals surface area contributed by atoms with E-state index in [1.54, 1.807) is 0 Å². The van der Waals surface area contributed by atoms with Crippen LogP contribution in [0.3, 0.4) is 0 Å². The van der Waals surface area contributed by atoms with Crippen LogP contribution < -0.4 is 16.9 Å². The maximum atomic E-state index is 4.80. The summed E-state index contributed by atoms with van der Waals surface area (Å²) in [4.78, 5) is 9.50. The van der Waals surface area contributed by atoms with Gasteiger partial charge in [-0.2, -0.15) is 4.98 Å². The Labute approximate surface area is 131 Å². The van der Waals surface area contributed by atoms with Crippen LogP contribution in [0.2, 0.25) is 0 Å². The first-order chi connectivity index (χ1) is 9.55. The first-order valence-electron chi connectivity index (χ1n) is 6.70. The van der Waals surface area contributed by atoms with Crippen molar-refractivity contribution >= 4 is 16.7 Å². The zero-order chi connectivity index (χ0) is 14.2. The lowest BCUT2D eigenvalue weighted by Crippen LogP contribution is -3.00. The van der Waals surface area contributed by atoms with E-state index < -0.39 is 0 Å². The molecule has 0 saturated heterocycles. The highest BCUT2D eigenvalue weighted by Crippen LogP contribution is 2.28. The lowest BCUT2D eigenvalue weighted by molar-refractivity contribution is -0.00000436. The minimum Gasteiger partial charge on any atom is -1.00 e. The molecular formula is C17H18ClN3. The smallest absolute Gasteiger partial charge is 0.238 e. The van der Waals surface area contributed by atoms with Gasteiger partial charge in [0, 0.05) is 5.56 Å². The molecule has 3 nitrogen and oxygen atoms in total. The van der Waals surface area contributed by atoms with Gasteiger partial charge in [-0.25, -0.2) is 4.98 Å². The molecule has 0 aliphatic carbocycles. The SMILES string of the molecule is C[N+](C)(C)c1nc(-c2ccccc2)nc2ccccc12.[Cl-]. The van der Waals surface area contributed by atoms with E-state index in [0.29, 0.717) is 4.48 Å². The van der Waals surface area contributed by atoms with Crippen LogP contribution in [0.25, 0.3) is 22.3 Å². The van der Waals surface area contributed by atoms with Crippen LogP contribution in [0, 0.1) is 0 Å². The van der Waals surface area contributed by atoms with E-state index in [-0.39, 0.29) is 12.4 Å². The number of quaternary nitrogens is 1. The van der Waals surface area contributed by atoms with Gasteiger partial charge < -0.3 is 12.4 Å². The van der Waals surface area contributed by atoms with E-state index in [9.17, 15) is 0 Å². The number of hydrogen-bond acceptors (Lipinski definition) is 2. The number of benzene rings is 2. The summed E-state index contributed by atoms with van der Waals surface area (Å²) in [5.41, 5.74) is 2.04. The van der Waals surface area contributed by atoms with Gasteiger partial charge in [0.05, 0.1) is 32.0 Å². The molecule has 3 aromatic rings. The summed E-state index contributed by atoms with van der Waals surface area (Å²) in [6.45, 7) is 0. The van der Waals surface area contributed by atoms with E-state index in [2.05, 4.69) is 27.2 Å². The molecule has 0 unspecified atom stereocenters. The number of rotatable bonds is 2. The van der Waals surface area contributed by atoms with E-state index in [1.807, 2.05) is 48.5 Å². The molecule has 0 amide bonds. The van der Waals surface area contributed by atoms with Crippen molar-refractivity contribution in [3.05, 3.63) is 54.6 Å². The van der Waals surface area contributed by atoms with Crippen molar-refractivity contribution in [1.29, 1.82) is 0 Å². The fourth-order valence-corrected chi connectivity index (χ4v) is 2.29. The van der Waals surface area contributed by atoms with Crippen LogP contribution in [0.1, 0.15) is 0 Å². The lowest BCUT2D eigenvalue weighted by atomic mass is 10.1. The molecule has 4 heteroatoms. The number of aromatic nitrogens is 2. The minimum atomic E-state index is 0. The quantitative estimate of drug-likeness (QED) is 0.644. The van der Waals surface area contributed by atoms with E-state index >= 15 is 0 Å². The molecule has 0 aliphatic heterocycles. The largest absolute Gasteiger partial charge is 1.00 e. The number of fused-ring (bicyclic) bond motifs is 1. The zero-order valence-corrected chi connectivity index (χ0v) is 13.2. The van der Waals surface area contributed by atoms with Crippen LogP contribution in [0.5, 0.6) is 0 Å². The number of halogens is 1. The Bertz CT molecular complexity index is 749. The second-order valence-electron chi connectivity index (χ2n) is 5.77. The van der Waals surface area contributed by atoms with Gasteiger partial charge >= 0.3 is 0 Å². The predicted molar refractivity (Wildman–Crippen MR) is 84.5 cm³/mol. The molecule has 108 valence electrons. The van der Waals surface area contributed by atoms with Crippen LogP contribution in [0.15, 0.2) is 54.6 Å². The fraction of sp³-hybridized carbons (Fsp3) is 0.176. The van der Waals surface area contributed by atoms with Crippen molar-refractivity contribution < 1.29 is 12.4 Å². The highest BCUT2D eigenvalue weighted by atomic mass is 35.5. The predicted octanol–water partition coefficient (Wildman–Crippen LogP) is 0.497. The Morgan fingerprint density at radius 3 is 2.05 bits per heavy atom. The van der Waals surface area contributed by atoms with Gasteiger partial charge in [0.2, 0.25) is 5.82 Å². The normalized spacial score (nSPS) is 11.2. The number of nitrogens with zero attached hydrogens (tertiary/aromatic N) is 3. The summed E-state index contributed by atoms with van der Waals surface area (Å²) < 4.78 is 0.670. The van der Waals surface area contributed by atoms with Crippen molar-refractivity contribution in [3.8, 4) is 11.4 Å². The summed E-state index contributed by atoms with van der Waals surface area (Å²) in [7, 11) is 6.39. The Kier molecular flexibility index (Phi) is 4.26. The minimum absolute atomic E-state index is 0. The summed E-state index contributed by atoms with van der Waals surface area (Å²) in [6, 6.07) is 18.3. The summed E-state index contributed by atoms with van der Waals surface area (Å²) in [6.07, 6.45) is 0. The molecule has 1 heterocycles. The molecule has 0 N–H and O–H groups in total. The highest BCUT2D eigenvalue weighted by Gasteiger charge is 2.20. The standard InChI is InChI=1S/C17H18N3.ClH/c1-20(2,3)17-14-11-7-8-12-15(14)18-16(19-17)13-9-5-4-6-10-13;/h4-12H,1-3H3;1H/q+1;/p-1. The highest BCUT2D eigenvalue weighted by molar-refractivity contribution is 5.89. The van der Waals surface area contributed by atoms with Gasteiger partial charge in [-0.1, -0.05) is 42.5 Å². The average molecular weight is 300 g/mol. The third kappa shape index (κ3) is 3.04.